The zero-order valence-corrected chi connectivity index (χ0v) is 5.86. The van der Waals surface area contributed by atoms with E-state index in [4.69, 9.17) is 3.32 Å². The summed E-state index contributed by atoms with van der Waals surface area (Å²) in [7, 11) is 0. The van der Waals surface area contributed by atoms with Crippen LogP contribution in [0.15, 0.2) is 30.3 Å². The van der Waals surface area contributed by atoms with Gasteiger partial charge in [0.25, 0.3) is 0 Å². The van der Waals surface area contributed by atoms with Gasteiger partial charge in [0.1, 0.15) is 0 Å². The van der Waals surface area contributed by atoms with Gasteiger partial charge in [0.2, 0.25) is 0 Å². The average molecular weight is 142 g/mol. The number of hydrogen-bond donors (Lipinski definition) is 0. The molecule has 0 aromatic heterocycles. The molecule has 0 radical (unpaired) electrons. The van der Waals surface area contributed by atoms with Crippen molar-refractivity contribution in [3.63, 3.8) is 0 Å². The van der Waals surface area contributed by atoms with Crippen molar-refractivity contribution in [1.82, 2.24) is 0 Å². The Bertz CT molecular complexity index is 154. The summed E-state index contributed by atoms with van der Waals surface area (Å²) in [6.07, 6.45) is 0. The van der Waals surface area contributed by atoms with E-state index in [0.29, 0.717) is 0 Å². The fourth-order valence-corrected chi connectivity index (χ4v) is 0.701. The minimum atomic E-state index is 0. The molecule has 0 amide bonds. The normalized spacial score (nSPS) is 8.38. The number of hydrogen-bond acceptors (Lipinski definition) is 1. The van der Waals surface area contributed by atoms with E-state index in [1.165, 1.54) is 0 Å². The Morgan fingerprint density at radius 2 is 1.88 bits per heavy atom. The molecule has 1 rings (SSSR count). The summed E-state index contributed by atoms with van der Waals surface area (Å²) in [4.78, 5) is 0. The molecule has 1 nitrogen and oxygen atoms in total. The monoisotopic (exact) mass is 142 g/mol. The predicted octanol–water partition coefficient (Wildman–Crippen LogP) is 1.64. The molecule has 0 aliphatic carbocycles. The maximum absolute atomic E-state index is 4.91. The van der Waals surface area contributed by atoms with Gasteiger partial charge in [-0.2, -0.15) is 0 Å². The van der Waals surface area contributed by atoms with Crippen LogP contribution < -0.4 is 3.32 Å². The van der Waals surface area contributed by atoms with Crippen LogP contribution in [-0.4, -0.2) is 0 Å². The zero-order chi connectivity index (χ0) is 5.82. The fraction of sp³-hybridized carbons (Fsp3) is 0. The number of rotatable bonds is 1. The van der Waals surface area contributed by atoms with Gasteiger partial charge in [-0.1, -0.05) is 0 Å². The number of benzene rings is 1. The van der Waals surface area contributed by atoms with Gasteiger partial charge in [0.15, 0.2) is 0 Å². The molecule has 0 heterocycles. The molecule has 8 heavy (non-hydrogen) atoms. The molecule has 0 saturated heterocycles. The molecule has 1 aromatic rings. The van der Waals surface area contributed by atoms with Crippen LogP contribution in [-0.2, 0) is 20.8 Å². The summed E-state index contributed by atoms with van der Waals surface area (Å²) in [6, 6.07) is 9.68. The SMILES string of the molecule is [H-].[Ti][O]c1ccccc1. The van der Waals surface area contributed by atoms with E-state index >= 15 is 0 Å². The Morgan fingerprint density at radius 3 is 2.25 bits per heavy atom. The molecular weight excluding hydrogens is 136 g/mol. The van der Waals surface area contributed by atoms with Gasteiger partial charge < -0.3 is 1.43 Å². The van der Waals surface area contributed by atoms with Crippen LogP contribution in [0.4, 0.5) is 0 Å². The van der Waals surface area contributed by atoms with Crippen LogP contribution in [0.5, 0.6) is 5.75 Å². The summed E-state index contributed by atoms with van der Waals surface area (Å²) in [5.41, 5.74) is 0. The van der Waals surface area contributed by atoms with Crippen LogP contribution >= 0.6 is 0 Å². The molecule has 2 heteroatoms. The van der Waals surface area contributed by atoms with Crippen molar-refractivity contribution in [3.8, 4) is 5.75 Å². The van der Waals surface area contributed by atoms with E-state index in [0.717, 1.165) is 5.75 Å². The Morgan fingerprint density at radius 1 is 1.25 bits per heavy atom. The molecule has 0 bridgehead atoms. The van der Waals surface area contributed by atoms with Crippen molar-refractivity contribution in [2.24, 2.45) is 0 Å². The Hall–Kier alpha value is -0.266. The molecular formula is C6H6OTi-. The summed E-state index contributed by atoms with van der Waals surface area (Å²) in [5, 5.41) is 0. The Labute approximate surface area is 62.0 Å². The third-order valence-corrected chi connectivity index (χ3v) is 1.23. The van der Waals surface area contributed by atoms with Crippen molar-refractivity contribution in [3.05, 3.63) is 30.3 Å². The van der Waals surface area contributed by atoms with Crippen LogP contribution in [0.2, 0.25) is 0 Å². The molecule has 1 aromatic carbocycles. The van der Waals surface area contributed by atoms with Gasteiger partial charge in [-0.15, -0.1) is 0 Å². The fourth-order valence-electron chi connectivity index (χ4n) is 0.489. The van der Waals surface area contributed by atoms with Crippen LogP contribution in [0.25, 0.3) is 0 Å². The molecule has 0 spiro atoms. The molecule has 0 aliphatic heterocycles. The molecule has 41 valence electrons. The van der Waals surface area contributed by atoms with Gasteiger partial charge in [-0.3, -0.25) is 0 Å². The molecule has 0 saturated carbocycles. The first-order chi connectivity index (χ1) is 3.93. The summed E-state index contributed by atoms with van der Waals surface area (Å²) >= 11 is 1.66. The van der Waals surface area contributed by atoms with Crippen LogP contribution in [0, 0.1) is 0 Å². The van der Waals surface area contributed by atoms with E-state index in [9.17, 15) is 0 Å². The van der Waals surface area contributed by atoms with E-state index in [-0.39, 0.29) is 1.43 Å². The van der Waals surface area contributed by atoms with E-state index < -0.39 is 0 Å². The number of para-hydroxylation sites is 1. The van der Waals surface area contributed by atoms with E-state index in [1.807, 2.05) is 30.3 Å². The van der Waals surface area contributed by atoms with Gasteiger partial charge in [-0.25, -0.2) is 0 Å². The molecule has 0 unspecified atom stereocenters. The van der Waals surface area contributed by atoms with Crippen molar-refractivity contribution in [2.75, 3.05) is 0 Å². The standard InChI is InChI=1S/C6H6O.Ti.H/c7-6-4-2-1-3-5-6;;/h1-5,7H;;/q;+1;-1/p-1. The molecule has 0 aliphatic rings. The van der Waals surface area contributed by atoms with E-state index in [1.54, 1.807) is 20.8 Å². The molecule has 0 atom stereocenters. The first-order valence-electron chi connectivity index (χ1n) is 2.32. The predicted molar refractivity (Wildman–Crippen MR) is 28.2 cm³/mol. The average Bonchev–Trinajstić information content (AvgIpc) is 1.90. The van der Waals surface area contributed by atoms with Crippen molar-refractivity contribution in [1.29, 1.82) is 0 Å². The van der Waals surface area contributed by atoms with Gasteiger partial charge in [-0.05, 0) is 0 Å². The second kappa shape index (κ2) is 2.90. The van der Waals surface area contributed by atoms with Crippen LogP contribution in [0.1, 0.15) is 1.43 Å². The van der Waals surface area contributed by atoms with Crippen molar-refractivity contribution >= 4 is 0 Å². The van der Waals surface area contributed by atoms with Crippen molar-refractivity contribution in [2.45, 2.75) is 0 Å². The van der Waals surface area contributed by atoms with Gasteiger partial charge >= 0.3 is 60.2 Å². The van der Waals surface area contributed by atoms with Gasteiger partial charge in [0, 0.05) is 0 Å². The second-order valence-corrected chi connectivity index (χ2v) is 1.73. The van der Waals surface area contributed by atoms with Crippen molar-refractivity contribution < 1.29 is 25.6 Å². The second-order valence-electron chi connectivity index (χ2n) is 1.42. The summed E-state index contributed by atoms with van der Waals surface area (Å²) in [6.45, 7) is 0. The van der Waals surface area contributed by atoms with Gasteiger partial charge in [0.05, 0.1) is 0 Å². The third-order valence-electron chi connectivity index (χ3n) is 0.861. The Balaban J connectivity index is 0.000000640. The summed E-state index contributed by atoms with van der Waals surface area (Å²) in [5.74, 6) is 0.910. The van der Waals surface area contributed by atoms with E-state index in [2.05, 4.69) is 0 Å². The minimum absolute atomic E-state index is 0. The maximum atomic E-state index is 4.91. The quantitative estimate of drug-likeness (QED) is 0.541. The first-order valence-corrected chi connectivity index (χ1v) is 2.96. The molecule has 0 fully saturated rings. The summed E-state index contributed by atoms with van der Waals surface area (Å²) < 4.78 is 4.91. The first kappa shape index (κ1) is 5.86. The zero-order valence-electron chi connectivity index (χ0n) is 5.29. The van der Waals surface area contributed by atoms with Crippen LogP contribution in [0.3, 0.4) is 0 Å². The third kappa shape index (κ3) is 1.36. The molecule has 0 N–H and O–H groups in total. The Kier molecular flexibility index (Phi) is 2.13. The topological polar surface area (TPSA) is 9.23 Å².